The molecule has 0 spiro atoms. The van der Waals surface area contributed by atoms with E-state index in [0.29, 0.717) is 41.8 Å². The largest absolute Gasteiger partial charge is 0.497 e. The van der Waals surface area contributed by atoms with Gasteiger partial charge in [0, 0.05) is 44.1 Å². The second-order valence-electron chi connectivity index (χ2n) is 8.57. The number of aromatic nitrogens is 3. The first-order valence-corrected chi connectivity index (χ1v) is 11.6. The Labute approximate surface area is 206 Å². The zero-order chi connectivity index (χ0) is 25.1. The Hall–Kier alpha value is -3.64. The van der Waals surface area contributed by atoms with Crippen LogP contribution in [0.5, 0.6) is 5.75 Å². The van der Waals surface area contributed by atoms with Crippen LogP contribution in [0.15, 0.2) is 47.0 Å². The molecular weight excluding hydrogens is 474 g/mol. The summed E-state index contributed by atoms with van der Waals surface area (Å²) in [6, 6.07) is 11.0. The second-order valence-corrected chi connectivity index (χ2v) is 8.57. The molecule has 0 radical (unpaired) electrons. The fourth-order valence-corrected chi connectivity index (χ4v) is 4.18. The third kappa shape index (κ3) is 5.14. The Balaban J connectivity index is 1.33. The number of amides is 2. The summed E-state index contributed by atoms with van der Waals surface area (Å²) in [5, 5.41) is 6.99. The fourth-order valence-electron chi connectivity index (χ4n) is 4.18. The van der Waals surface area contributed by atoms with Gasteiger partial charge in [-0.05, 0) is 24.3 Å². The smallest absolute Gasteiger partial charge is 0.324 e. The number of nitrogens with zero attached hydrogens (tertiary/aromatic N) is 6. The average Bonchev–Trinajstić information content (AvgIpc) is 3.38. The van der Waals surface area contributed by atoms with Crippen LogP contribution in [0.3, 0.4) is 0 Å². The minimum Gasteiger partial charge on any atom is -0.497 e. The molecule has 2 aromatic heterocycles. The summed E-state index contributed by atoms with van der Waals surface area (Å²) in [6.45, 7) is 4.52. The van der Waals surface area contributed by atoms with Crippen LogP contribution in [0.25, 0.3) is 11.5 Å². The van der Waals surface area contributed by atoms with E-state index in [1.165, 1.54) is 6.20 Å². The van der Waals surface area contributed by atoms with E-state index in [1.54, 1.807) is 30.2 Å². The Bertz CT molecular complexity index is 1180. The number of hydrogen-bond donors (Lipinski definition) is 0. The van der Waals surface area contributed by atoms with Crippen LogP contribution in [-0.2, 0) is 11.3 Å². The summed E-state index contributed by atoms with van der Waals surface area (Å²) in [5.41, 5.74) is 1.70. The lowest BCUT2D eigenvalue weighted by molar-refractivity contribution is -0.0738. The van der Waals surface area contributed by atoms with E-state index in [2.05, 4.69) is 20.1 Å². The van der Waals surface area contributed by atoms with E-state index in [1.807, 2.05) is 23.1 Å². The molecule has 2 fully saturated rings. The number of pyridine rings is 1. The first-order chi connectivity index (χ1) is 17.5. The standard InChI is InChI=1S/C24H26F2N6O4/c1-34-20-4-2-3-18(11-20)32(24(33)31-9-7-30(8-10-31)19-14-35-15-19)13-17-6-5-16(12-27-17)22-28-29-23(36-22)21(25)26/h2-6,11-12,19,21H,7-10,13-15H2,1H3. The van der Waals surface area contributed by atoms with Gasteiger partial charge in [-0.1, -0.05) is 6.07 Å². The van der Waals surface area contributed by atoms with Gasteiger partial charge in [0.15, 0.2) is 0 Å². The van der Waals surface area contributed by atoms with Gasteiger partial charge in [0.2, 0.25) is 5.89 Å². The molecule has 4 heterocycles. The van der Waals surface area contributed by atoms with Crippen molar-refractivity contribution in [2.24, 2.45) is 0 Å². The summed E-state index contributed by atoms with van der Waals surface area (Å²) in [4.78, 5) is 23.9. The molecule has 2 aliphatic rings. The number of urea groups is 1. The molecule has 0 unspecified atom stereocenters. The first-order valence-electron chi connectivity index (χ1n) is 11.6. The zero-order valence-corrected chi connectivity index (χ0v) is 19.7. The highest BCUT2D eigenvalue weighted by molar-refractivity contribution is 5.92. The van der Waals surface area contributed by atoms with Crippen LogP contribution in [0.4, 0.5) is 19.3 Å². The summed E-state index contributed by atoms with van der Waals surface area (Å²) in [6.07, 6.45) is -1.38. The van der Waals surface area contributed by atoms with Gasteiger partial charge >= 0.3 is 12.5 Å². The Morgan fingerprint density at radius 3 is 2.58 bits per heavy atom. The lowest BCUT2D eigenvalue weighted by Crippen LogP contribution is -2.59. The predicted octanol–water partition coefficient (Wildman–Crippen LogP) is 3.22. The van der Waals surface area contributed by atoms with E-state index in [0.717, 1.165) is 26.3 Å². The molecule has 0 bridgehead atoms. The molecular formula is C24H26F2N6O4. The normalized spacial score (nSPS) is 16.7. The van der Waals surface area contributed by atoms with Crippen LogP contribution in [0, 0.1) is 0 Å². The Morgan fingerprint density at radius 2 is 1.97 bits per heavy atom. The van der Waals surface area contributed by atoms with Crippen molar-refractivity contribution < 1.29 is 27.5 Å². The minimum atomic E-state index is -2.84. The number of alkyl halides is 2. The molecule has 36 heavy (non-hydrogen) atoms. The molecule has 5 rings (SSSR count). The monoisotopic (exact) mass is 500 g/mol. The number of piperazine rings is 1. The maximum absolute atomic E-state index is 13.7. The fraction of sp³-hybridized carbons (Fsp3) is 0.417. The molecule has 190 valence electrons. The van der Waals surface area contributed by atoms with Gasteiger partial charge in [-0.2, -0.15) is 8.78 Å². The molecule has 1 aromatic carbocycles. The van der Waals surface area contributed by atoms with Crippen molar-refractivity contribution >= 4 is 11.7 Å². The van der Waals surface area contributed by atoms with E-state index in [4.69, 9.17) is 13.9 Å². The van der Waals surface area contributed by atoms with Crippen LogP contribution < -0.4 is 9.64 Å². The first kappa shape index (κ1) is 24.1. The molecule has 10 nitrogen and oxygen atoms in total. The van der Waals surface area contributed by atoms with Gasteiger partial charge in [-0.3, -0.25) is 14.8 Å². The summed E-state index contributed by atoms with van der Waals surface area (Å²) >= 11 is 0. The predicted molar refractivity (Wildman–Crippen MR) is 125 cm³/mol. The SMILES string of the molecule is COc1cccc(N(Cc2ccc(-c3nnc(C(F)F)o3)cn2)C(=O)N2CCN(C3COC3)CC2)c1. The lowest BCUT2D eigenvalue weighted by atomic mass is 10.2. The molecule has 2 aliphatic heterocycles. The molecule has 0 aliphatic carbocycles. The van der Waals surface area contributed by atoms with Gasteiger partial charge < -0.3 is 18.8 Å². The van der Waals surface area contributed by atoms with Gasteiger partial charge in [-0.15, -0.1) is 10.2 Å². The molecule has 2 saturated heterocycles. The van der Waals surface area contributed by atoms with E-state index >= 15 is 0 Å². The zero-order valence-electron chi connectivity index (χ0n) is 19.7. The Kier molecular flexibility index (Phi) is 7.05. The minimum absolute atomic E-state index is 0.0418. The van der Waals surface area contributed by atoms with Crippen molar-refractivity contribution in [3.05, 3.63) is 54.2 Å². The molecule has 12 heteroatoms. The number of methoxy groups -OCH3 is 1. The average molecular weight is 501 g/mol. The van der Waals surface area contributed by atoms with E-state index < -0.39 is 12.3 Å². The molecule has 0 saturated carbocycles. The maximum Gasteiger partial charge on any atom is 0.324 e. The van der Waals surface area contributed by atoms with Crippen LogP contribution in [0.1, 0.15) is 18.0 Å². The van der Waals surface area contributed by atoms with Crippen molar-refractivity contribution in [3.8, 4) is 17.2 Å². The maximum atomic E-state index is 13.7. The van der Waals surface area contributed by atoms with Gasteiger partial charge in [-0.25, -0.2) is 4.79 Å². The number of halogens is 2. The summed E-state index contributed by atoms with van der Waals surface area (Å²) < 4.78 is 41.2. The third-order valence-corrected chi connectivity index (χ3v) is 6.34. The van der Waals surface area contributed by atoms with Crippen molar-refractivity contribution in [2.75, 3.05) is 51.4 Å². The number of ether oxygens (including phenoxy) is 2. The number of benzene rings is 1. The van der Waals surface area contributed by atoms with Gasteiger partial charge in [0.25, 0.3) is 5.89 Å². The second kappa shape index (κ2) is 10.5. The van der Waals surface area contributed by atoms with Crippen molar-refractivity contribution in [2.45, 2.75) is 19.0 Å². The molecule has 3 aromatic rings. The summed E-state index contributed by atoms with van der Waals surface area (Å²) in [5.74, 6) is -0.150. The van der Waals surface area contributed by atoms with Crippen LogP contribution >= 0.6 is 0 Å². The lowest BCUT2D eigenvalue weighted by Gasteiger charge is -2.43. The molecule has 0 N–H and O–H groups in total. The summed E-state index contributed by atoms with van der Waals surface area (Å²) in [7, 11) is 1.58. The van der Waals surface area contributed by atoms with Crippen LogP contribution in [-0.4, -0.2) is 83.6 Å². The van der Waals surface area contributed by atoms with Crippen molar-refractivity contribution in [1.29, 1.82) is 0 Å². The van der Waals surface area contributed by atoms with E-state index in [-0.39, 0.29) is 18.5 Å². The number of carbonyl (C=O) groups excluding carboxylic acids is 1. The number of rotatable bonds is 7. The third-order valence-electron chi connectivity index (χ3n) is 6.34. The molecule has 2 amide bonds. The number of hydrogen-bond acceptors (Lipinski definition) is 8. The van der Waals surface area contributed by atoms with Crippen molar-refractivity contribution in [3.63, 3.8) is 0 Å². The highest BCUT2D eigenvalue weighted by atomic mass is 19.3. The van der Waals surface area contributed by atoms with E-state index in [9.17, 15) is 13.6 Å². The van der Waals surface area contributed by atoms with Gasteiger partial charge in [0.1, 0.15) is 5.75 Å². The van der Waals surface area contributed by atoms with Crippen molar-refractivity contribution in [1.82, 2.24) is 25.0 Å². The number of anilines is 1. The van der Waals surface area contributed by atoms with Gasteiger partial charge in [0.05, 0.1) is 44.2 Å². The quantitative estimate of drug-likeness (QED) is 0.488. The molecule has 0 atom stereocenters. The van der Waals surface area contributed by atoms with Crippen LogP contribution in [0.2, 0.25) is 0 Å². The Morgan fingerprint density at radius 1 is 1.17 bits per heavy atom. The highest BCUT2D eigenvalue weighted by Crippen LogP contribution is 2.26. The highest BCUT2D eigenvalue weighted by Gasteiger charge is 2.32. The topological polar surface area (TPSA) is 97.1 Å². The number of carbonyl (C=O) groups is 1.